The van der Waals surface area contributed by atoms with Crippen molar-refractivity contribution in [2.24, 2.45) is 5.84 Å². The molecule has 0 aliphatic heterocycles. The number of hydrogen-bond donors (Lipinski definition) is 3. The van der Waals surface area contributed by atoms with Crippen molar-refractivity contribution in [2.75, 3.05) is 26.1 Å². The zero-order chi connectivity index (χ0) is 18.7. The normalized spacial score (nSPS) is 9.48. The van der Waals surface area contributed by atoms with E-state index in [9.17, 15) is 4.79 Å². The third-order valence-electron chi connectivity index (χ3n) is 3.60. The highest BCUT2D eigenvalue weighted by molar-refractivity contribution is 5.80. The summed E-state index contributed by atoms with van der Waals surface area (Å²) in [5.74, 6) is 6.29. The molecule has 0 saturated heterocycles. The topological polar surface area (TPSA) is 85.6 Å². The summed E-state index contributed by atoms with van der Waals surface area (Å²) in [6.45, 7) is 4.28. The minimum Gasteiger partial charge on any atom is -0.493 e. The molecular formula is C19H31N3O3. The van der Waals surface area contributed by atoms with Gasteiger partial charge in [-0.2, -0.15) is 0 Å². The van der Waals surface area contributed by atoms with Crippen LogP contribution >= 0.6 is 0 Å². The average Bonchev–Trinajstić information content (AvgIpc) is 2.66. The van der Waals surface area contributed by atoms with Gasteiger partial charge in [-0.25, -0.2) is 5.84 Å². The van der Waals surface area contributed by atoms with E-state index in [1.807, 2.05) is 49.4 Å². The highest BCUT2D eigenvalue weighted by Crippen LogP contribution is 2.27. The van der Waals surface area contributed by atoms with Crippen LogP contribution in [0.2, 0.25) is 0 Å². The summed E-state index contributed by atoms with van der Waals surface area (Å²) < 4.78 is 10.3. The van der Waals surface area contributed by atoms with Crippen LogP contribution < -0.4 is 26.1 Å². The van der Waals surface area contributed by atoms with Crippen molar-refractivity contribution < 1.29 is 17.1 Å². The van der Waals surface area contributed by atoms with Crippen molar-refractivity contribution in [1.82, 2.24) is 5.43 Å². The molecule has 140 valence electrons. The molecule has 0 spiro atoms. The molecule has 0 atom stereocenters. The van der Waals surface area contributed by atoms with E-state index in [1.54, 1.807) is 14.2 Å². The van der Waals surface area contributed by atoms with E-state index in [4.69, 9.17) is 15.3 Å². The largest absolute Gasteiger partial charge is 0.493 e. The number of nitrogens with two attached hydrogens (primary N) is 1. The molecule has 0 aliphatic carbocycles. The van der Waals surface area contributed by atoms with Gasteiger partial charge in [-0.1, -0.05) is 31.2 Å². The van der Waals surface area contributed by atoms with Gasteiger partial charge in [-0.15, -0.1) is 0 Å². The first kappa shape index (κ1) is 20.3. The lowest BCUT2D eigenvalue weighted by molar-refractivity contribution is -0.119. The summed E-state index contributed by atoms with van der Waals surface area (Å²) in [7, 11) is 3.29. The van der Waals surface area contributed by atoms with E-state index in [2.05, 4.69) is 17.7 Å². The standard InChI is InChI=1S/C10H14O2.C9H13N3O.2H2/c1-4-8-5-6-9(11-2)10(7-8)12-3;1-7-4-2-3-5-8(7)11-6-9(13)12-10;;/h5-7H,4H2,1-3H3;2-5,11H,6,10H2,1H3,(H,12,13);2*1H. The molecule has 2 aromatic carbocycles. The first-order valence-corrected chi connectivity index (χ1v) is 8.05. The number of benzene rings is 2. The summed E-state index contributed by atoms with van der Waals surface area (Å²) in [5, 5.41) is 2.97. The van der Waals surface area contributed by atoms with Gasteiger partial charge in [0, 0.05) is 8.54 Å². The summed E-state index contributed by atoms with van der Waals surface area (Å²) in [4.78, 5) is 10.8. The van der Waals surface area contributed by atoms with Crippen LogP contribution in [0.5, 0.6) is 11.5 Å². The number of carbonyl (C=O) groups excluding carboxylic acids is 1. The maximum Gasteiger partial charge on any atom is 0.253 e. The molecule has 6 heteroatoms. The minimum atomic E-state index is -0.233. The van der Waals surface area contributed by atoms with Crippen LogP contribution in [-0.4, -0.2) is 26.7 Å². The van der Waals surface area contributed by atoms with Gasteiger partial charge in [-0.3, -0.25) is 10.2 Å². The monoisotopic (exact) mass is 349 g/mol. The molecular weight excluding hydrogens is 318 g/mol. The number of amides is 1. The fraction of sp³-hybridized carbons (Fsp3) is 0.316. The van der Waals surface area contributed by atoms with E-state index < -0.39 is 0 Å². The van der Waals surface area contributed by atoms with Gasteiger partial charge < -0.3 is 14.8 Å². The SMILES string of the molecule is CCc1ccc(OC)c(OC)c1.Cc1ccccc1NCC(=O)NN.[HH].[HH]. The van der Waals surface area contributed by atoms with Gasteiger partial charge in [0.2, 0.25) is 0 Å². The number of para-hydroxylation sites is 1. The molecule has 4 N–H and O–H groups in total. The summed E-state index contributed by atoms with van der Waals surface area (Å²) >= 11 is 0. The number of hydrazine groups is 1. The fourth-order valence-electron chi connectivity index (χ4n) is 2.10. The predicted octanol–water partition coefficient (Wildman–Crippen LogP) is 3.16. The van der Waals surface area contributed by atoms with Gasteiger partial charge in [0.1, 0.15) is 0 Å². The Morgan fingerprint density at radius 1 is 1.12 bits per heavy atom. The lowest BCUT2D eigenvalue weighted by Crippen LogP contribution is -2.35. The second-order valence-electron chi connectivity index (χ2n) is 5.28. The third-order valence-corrected chi connectivity index (χ3v) is 3.60. The number of aryl methyl sites for hydroxylation is 2. The third kappa shape index (κ3) is 6.73. The first-order valence-electron chi connectivity index (χ1n) is 8.05. The van der Waals surface area contributed by atoms with E-state index in [0.717, 1.165) is 29.2 Å². The first-order chi connectivity index (χ1) is 12.0. The number of ether oxygens (including phenoxy) is 2. The van der Waals surface area contributed by atoms with Crippen LogP contribution in [0.15, 0.2) is 42.5 Å². The Kier molecular flexibility index (Phi) is 8.89. The molecule has 2 rings (SSSR count). The van der Waals surface area contributed by atoms with Crippen LogP contribution in [0, 0.1) is 6.92 Å². The van der Waals surface area contributed by atoms with Gasteiger partial charge in [0.05, 0.1) is 20.8 Å². The molecule has 0 radical (unpaired) electrons. The number of anilines is 1. The van der Waals surface area contributed by atoms with Crippen LogP contribution in [0.3, 0.4) is 0 Å². The smallest absolute Gasteiger partial charge is 0.253 e. The molecule has 25 heavy (non-hydrogen) atoms. The van der Waals surface area contributed by atoms with E-state index in [0.29, 0.717) is 0 Å². The van der Waals surface area contributed by atoms with Gasteiger partial charge in [0.15, 0.2) is 11.5 Å². The van der Waals surface area contributed by atoms with Crippen molar-refractivity contribution in [3.8, 4) is 11.5 Å². The zero-order valence-corrected chi connectivity index (χ0v) is 15.3. The lowest BCUT2D eigenvalue weighted by atomic mass is 10.1. The molecule has 0 heterocycles. The summed E-state index contributed by atoms with van der Waals surface area (Å²) in [6, 6.07) is 13.7. The Labute approximate surface area is 152 Å². The maximum atomic E-state index is 10.8. The average molecular weight is 349 g/mol. The van der Waals surface area contributed by atoms with Crippen molar-refractivity contribution in [2.45, 2.75) is 20.3 Å². The second-order valence-corrected chi connectivity index (χ2v) is 5.28. The van der Waals surface area contributed by atoms with Crippen molar-refractivity contribution in [3.05, 3.63) is 53.6 Å². The fourth-order valence-corrected chi connectivity index (χ4v) is 2.10. The maximum absolute atomic E-state index is 10.8. The molecule has 0 aromatic heterocycles. The zero-order valence-electron chi connectivity index (χ0n) is 15.3. The lowest BCUT2D eigenvalue weighted by Gasteiger charge is -2.07. The predicted molar refractivity (Wildman–Crippen MR) is 105 cm³/mol. The van der Waals surface area contributed by atoms with Crippen LogP contribution in [0.4, 0.5) is 5.69 Å². The summed E-state index contributed by atoms with van der Waals surface area (Å²) in [6.07, 6.45) is 1.01. The number of nitrogens with one attached hydrogen (secondary N) is 2. The van der Waals surface area contributed by atoms with Crippen LogP contribution in [0.1, 0.15) is 20.9 Å². The molecule has 0 unspecified atom stereocenters. The number of methoxy groups -OCH3 is 2. The van der Waals surface area contributed by atoms with Crippen LogP contribution in [0.25, 0.3) is 0 Å². The van der Waals surface area contributed by atoms with Crippen molar-refractivity contribution >= 4 is 11.6 Å². The van der Waals surface area contributed by atoms with E-state index in [1.165, 1.54) is 5.56 Å². The van der Waals surface area contributed by atoms with E-state index >= 15 is 0 Å². The Balaban J connectivity index is 0. The van der Waals surface area contributed by atoms with Gasteiger partial charge in [0.25, 0.3) is 5.91 Å². The highest BCUT2D eigenvalue weighted by Gasteiger charge is 2.02. The molecule has 1 amide bonds. The van der Waals surface area contributed by atoms with Crippen LogP contribution in [-0.2, 0) is 11.2 Å². The van der Waals surface area contributed by atoms with Gasteiger partial charge >= 0.3 is 0 Å². The number of hydrogen-bond acceptors (Lipinski definition) is 5. The Morgan fingerprint density at radius 2 is 1.80 bits per heavy atom. The van der Waals surface area contributed by atoms with E-state index in [-0.39, 0.29) is 15.3 Å². The molecule has 0 bridgehead atoms. The van der Waals surface area contributed by atoms with Crippen molar-refractivity contribution in [1.29, 1.82) is 0 Å². The Morgan fingerprint density at radius 3 is 2.36 bits per heavy atom. The molecule has 2 aromatic rings. The highest BCUT2D eigenvalue weighted by atomic mass is 16.5. The van der Waals surface area contributed by atoms with Crippen molar-refractivity contribution in [3.63, 3.8) is 0 Å². The Bertz CT molecular complexity index is 685. The Hall–Kier alpha value is -2.73. The molecule has 0 saturated carbocycles. The molecule has 6 nitrogen and oxygen atoms in total. The molecule has 0 aliphatic rings. The molecule has 0 fully saturated rings. The van der Waals surface area contributed by atoms with Gasteiger partial charge in [-0.05, 0) is 42.7 Å². The summed E-state index contributed by atoms with van der Waals surface area (Å²) in [5.41, 5.74) is 5.36. The quantitative estimate of drug-likeness (QED) is 0.424. The number of carbonyl (C=O) groups is 1. The second kappa shape index (κ2) is 10.9. The number of rotatable bonds is 6. The minimum absolute atomic E-state index is 0.